The van der Waals surface area contributed by atoms with Crippen LogP contribution < -0.4 is 0 Å². The molecule has 0 aliphatic heterocycles. The molecule has 0 bridgehead atoms. The number of hydrogen-bond acceptors (Lipinski definition) is 7. The van der Waals surface area contributed by atoms with Crippen molar-refractivity contribution in [2.24, 2.45) is 40.4 Å². The van der Waals surface area contributed by atoms with Crippen LogP contribution in [-0.2, 0) is 32.0 Å². The first-order chi connectivity index (χ1) is 20.7. The fraction of sp³-hybridized carbons (Fsp3) is 0.541. The maximum absolute atomic E-state index is 14.4. The summed E-state index contributed by atoms with van der Waals surface area (Å²) in [7, 11) is 0. The van der Waals surface area contributed by atoms with Gasteiger partial charge in [-0.25, -0.2) is 0 Å². The summed E-state index contributed by atoms with van der Waals surface area (Å²) in [6, 6.07) is 11.6. The predicted octanol–water partition coefficient (Wildman–Crippen LogP) is 5.49. The largest absolute Gasteiger partial charge is 0.507 e. The highest BCUT2D eigenvalue weighted by Gasteiger charge is 2.76. The summed E-state index contributed by atoms with van der Waals surface area (Å²) in [6.07, 6.45) is 6.39. The number of aromatic hydroxyl groups is 1. The second-order valence-corrected chi connectivity index (χ2v) is 14.9. The molecule has 44 heavy (non-hydrogen) atoms. The Bertz CT molecular complexity index is 1600. The molecule has 0 radical (unpaired) electrons. The number of phenolic OH excluding ortho intramolecular Hbond substituents is 1. The van der Waals surface area contributed by atoms with Crippen LogP contribution in [0.4, 0.5) is 0 Å². The van der Waals surface area contributed by atoms with E-state index in [0.717, 1.165) is 24.5 Å². The third-order valence-corrected chi connectivity index (χ3v) is 11.5. The Morgan fingerprint density at radius 2 is 1.59 bits per heavy atom. The summed E-state index contributed by atoms with van der Waals surface area (Å²) in [5.41, 5.74) is -1.68. The molecule has 3 fully saturated rings. The summed E-state index contributed by atoms with van der Waals surface area (Å²) in [5, 5.41) is 23.1. The molecule has 6 rings (SSSR count). The highest BCUT2D eigenvalue weighted by atomic mass is 16.3. The van der Waals surface area contributed by atoms with Crippen LogP contribution in [0.3, 0.4) is 0 Å². The third kappa shape index (κ3) is 4.14. The van der Waals surface area contributed by atoms with Gasteiger partial charge in [0.2, 0.25) is 0 Å². The van der Waals surface area contributed by atoms with Crippen molar-refractivity contribution in [2.75, 3.05) is 0 Å². The molecule has 3 unspecified atom stereocenters. The number of carbonyl (C=O) groups is 5. The molecular formula is C37H42O7. The zero-order chi connectivity index (χ0) is 31.9. The lowest BCUT2D eigenvalue weighted by Gasteiger charge is -2.61. The summed E-state index contributed by atoms with van der Waals surface area (Å²) in [6.45, 7) is 8.09. The van der Waals surface area contributed by atoms with Crippen molar-refractivity contribution >= 4 is 28.9 Å². The van der Waals surface area contributed by atoms with Crippen molar-refractivity contribution in [1.82, 2.24) is 0 Å². The molecule has 0 saturated heterocycles. The zero-order valence-corrected chi connectivity index (χ0v) is 26.2. The smallest absolute Gasteiger partial charge is 0.190 e. The molecule has 0 aromatic heterocycles. The van der Waals surface area contributed by atoms with E-state index >= 15 is 0 Å². The number of aliphatic hydroxyl groups is 1. The number of benzene rings is 2. The van der Waals surface area contributed by atoms with E-state index in [2.05, 4.69) is 12.1 Å². The van der Waals surface area contributed by atoms with Crippen LogP contribution >= 0.6 is 0 Å². The second kappa shape index (κ2) is 10.3. The minimum atomic E-state index is -2.69. The summed E-state index contributed by atoms with van der Waals surface area (Å²) in [4.78, 5) is 68.8. The predicted molar refractivity (Wildman–Crippen MR) is 164 cm³/mol. The summed E-state index contributed by atoms with van der Waals surface area (Å²) < 4.78 is 0. The van der Waals surface area contributed by atoms with Gasteiger partial charge in [-0.3, -0.25) is 24.0 Å². The zero-order valence-electron chi connectivity index (χ0n) is 26.2. The fourth-order valence-electron chi connectivity index (χ4n) is 9.78. The van der Waals surface area contributed by atoms with Gasteiger partial charge < -0.3 is 10.2 Å². The standard InChI is InChI=1S/C37H42O7/c1-19(2)29-31(40)27(20(3)38)33(42)37(44)34(43)30-32(41)28-25(17-35(30,4)18-36(29,37)5)24(14-15-26(28)39)23-12-10-22(11-13-23)16-21-8-6-7-9-21/h10-15,19,21,27,29-30,39,44H,6-9,16-18H2,1-5H3/t27?,29?,30?,35-,36-,37+/m1/s1. The normalized spacial score (nSPS) is 33.8. The average Bonchev–Trinajstić information content (AvgIpc) is 3.44. The van der Waals surface area contributed by atoms with E-state index in [1.807, 2.05) is 19.1 Å². The van der Waals surface area contributed by atoms with Gasteiger partial charge in [-0.2, -0.15) is 0 Å². The molecule has 7 nitrogen and oxygen atoms in total. The van der Waals surface area contributed by atoms with E-state index in [1.54, 1.807) is 26.8 Å². The molecule has 4 aliphatic carbocycles. The minimum absolute atomic E-state index is 0.0309. The van der Waals surface area contributed by atoms with E-state index in [0.29, 0.717) is 11.5 Å². The van der Waals surface area contributed by atoms with Crippen LogP contribution in [0.15, 0.2) is 36.4 Å². The lowest BCUT2D eigenvalue weighted by molar-refractivity contribution is -0.205. The maximum atomic E-state index is 14.4. The molecule has 2 aromatic rings. The highest BCUT2D eigenvalue weighted by Crippen LogP contribution is 2.64. The van der Waals surface area contributed by atoms with E-state index in [4.69, 9.17) is 0 Å². The first-order valence-corrected chi connectivity index (χ1v) is 16.0. The van der Waals surface area contributed by atoms with Crippen LogP contribution in [0.5, 0.6) is 5.75 Å². The molecule has 4 aliphatic rings. The van der Waals surface area contributed by atoms with Crippen molar-refractivity contribution in [3.8, 4) is 16.9 Å². The summed E-state index contributed by atoms with van der Waals surface area (Å²) >= 11 is 0. The average molecular weight is 599 g/mol. The van der Waals surface area contributed by atoms with E-state index in [-0.39, 0.29) is 30.1 Å². The van der Waals surface area contributed by atoms with Crippen LogP contribution in [0, 0.1) is 40.4 Å². The number of fused-ring (bicyclic) bond motifs is 3. The molecule has 2 N–H and O–H groups in total. The summed E-state index contributed by atoms with van der Waals surface area (Å²) in [5.74, 6) is -8.08. The van der Waals surface area contributed by atoms with Gasteiger partial charge in [0.25, 0.3) is 0 Å². The molecule has 232 valence electrons. The number of phenols is 1. The molecule has 0 amide bonds. The Morgan fingerprint density at radius 3 is 2.18 bits per heavy atom. The van der Waals surface area contributed by atoms with Gasteiger partial charge in [-0.1, -0.05) is 83.7 Å². The first-order valence-electron chi connectivity index (χ1n) is 16.0. The van der Waals surface area contributed by atoms with E-state index in [1.165, 1.54) is 37.3 Å². The minimum Gasteiger partial charge on any atom is -0.507 e. The van der Waals surface area contributed by atoms with Crippen molar-refractivity contribution in [3.05, 3.63) is 53.1 Å². The molecule has 0 heterocycles. The van der Waals surface area contributed by atoms with Gasteiger partial charge in [0.05, 0.1) is 11.5 Å². The Labute approximate surface area is 258 Å². The Balaban J connectivity index is 1.46. The number of rotatable bonds is 5. The van der Waals surface area contributed by atoms with Gasteiger partial charge in [0, 0.05) is 11.3 Å². The fourth-order valence-corrected chi connectivity index (χ4v) is 9.78. The Hall–Kier alpha value is -3.45. The first kappa shape index (κ1) is 30.6. The number of ketones is 5. The van der Waals surface area contributed by atoms with Crippen molar-refractivity contribution in [3.63, 3.8) is 0 Å². The van der Waals surface area contributed by atoms with E-state index < -0.39 is 63.1 Å². The number of hydrogen-bond donors (Lipinski definition) is 2. The quantitative estimate of drug-likeness (QED) is 0.436. The van der Waals surface area contributed by atoms with Crippen molar-refractivity contribution in [2.45, 2.75) is 85.2 Å². The van der Waals surface area contributed by atoms with Crippen LogP contribution in [0.1, 0.15) is 88.2 Å². The number of Topliss-reactive ketones (excluding diaryl/α,β-unsaturated/α-hetero) is 5. The van der Waals surface area contributed by atoms with Crippen LogP contribution in [0.2, 0.25) is 0 Å². The van der Waals surface area contributed by atoms with E-state index in [9.17, 15) is 34.2 Å². The van der Waals surface area contributed by atoms with Gasteiger partial charge in [-0.05, 0) is 71.8 Å². The molecule has 6 atom stereocenters. The molecular weight excluding hydrogens is 556 g/mol. The van der Waals surface area contributed by atoms with Gasteiger partial charge in [-0.15, -0.1) is 0 Å². The monoisotopic (exact) mass is 598 g/mol. The highest BCUT2D eigenvalue weighted by molar-refractivity contribution is 6.32. The lowest BCUT2D eigenvalue weighted by atomic mass is 9.40. The SMILES string of the molecule is CC(=O)C1C(=O)C(C(C)C)[C@@]2(C)C[C@@]3(C)Cc4c(-c5ccc(CC6CCCC6)cc5)ccc(O)c4C(=O)C3C(=O)[C@@]2(O)C1=O. The van der Waals surface area contributed by atoms with Crippen molar-refractivity contribution < 1.29 is 34.2 Å². The molecule has 2 aromatic carbocycles. The van der Waals surface area contributed by atoms with Crippen molar-refractivity contribution in [1.29, 1.82) is 0 Å². The Kier molecular flexibility index (Phi) is 7.15. The third-order valence-electron chi connectivity index (χ3n) is 11.5. The Morgan fingerprint density at radius 1 is 0.955 bits per heavy atom. The van der Waals surface area contributed by atoms with Gasteiger partial charge >= 0.3 is 0 Å². The van der Waals surface area contributed by atoms with Gasteiger partial charge in [0.15, 0.2) is 28.7 Å². The lowest BCUT2D eigenvalue weighted by Crippen LogP contribution is -2.76. The molecule has 7 heteroatoms. The van der Waals surface area contributed by atoms with Gasteiger partial charge in [0.1, 0.15) is 17.5 Å². The second-order valence-electron chi connectivity index (χ2n) is 14.9. The maximum Gasteiger partial charge on any atom is 0.190 e. The topological polar surface area (TPSA) is 126 Å². The number of carbonyl (C=O) groups excluding carboxylic acids is 5. The van der Waals surface area contributed by atoms with Crippen LogP contribution in [-0.4, -0.2) is 44.7 Å². The molecule has 3 saturated carbocycles. The van der Waals surface area contributed by atoms with Crippen LogP contribution in [0.25, 0.3) is 11.1 Å². The molecule has 0 spiro atoms.